The fraction of sp³-hybridized carbons (Fsp3) is 0.500. The molecule has 3 atom stereocenters. The number of ether oxygens (including phenoxy) is 3. The summed E-state index contributed by atoms with van der Waals surface area (Å²) in [6.45, 7) is 4.05. The molecule has 0 radical (unpaired) electrons. The number of rotatable bonds is 50. The Morgan fingerprint density at radius 3 is 0.987 bits per heavy atom. The summed E-state index contributed by atoms with van der Waals surface area (Å²) in [6.07, 6.45) is 78.9. The second-order valence-corrected chi connectivity index (χ2v) is 19.4. The van der Waals surface area contributed by atoms with Crippen LogP contribution in [-0.4, -0.2) is 66.5 Å². The highest BCUT2D eigenvalue weighted by Crippen LogP contribution is 2.43. The van der Waals surface area contributed by atoms with Crippen LogP contribution in [0.15, 0.2) is 182 Å². The topological polar surface area (TPSA) is 155 Å². The number of carbonyl (C=O) groups is 3. The van der Waals surface area contributed by atoms with Gasteiger partial charge in [0.05, 0.1) is 19.8 Å². The fourth-order valence-corrected chi connectivity index (χ4v) is 7.38. The van der Waals surface area contributed by atoms with Gasteiger partial charge in [-0.1, -0.05) is 209 Å². The molecule has 0 aliphatic carbocycles. The van der Waals surface area contributed by atoms with Gasteiger partial charge in [-0.25, -0.2) is 4.57 Å². The van der Waals surface area contributed by atoms with Crippen molar-refractivity contribution >= 4 is 25.7 Å². The van der Waals surface area contributed by atoms with Crippen LogP contribution in [0.2, 0.25) is 0 Å². The van der Waals surface area contributed by atoms with E-state index in [0.29, 0.717) is 25.7 Å². The number of phosphoric ester groups is 1. The largest absolute Gasteiger partial charge is 0.472 e. The van der Waals surface area contributed by atoms with Crippen molar-refractivity contribution in [3.8, 4) is 0 Å². The molecule has 0 amide bonds. The lowest BCUT2D eigenvalue weighted by Gasteiger charge is -2.21. The van der Waals surface area contributed by atoms with Crippen LogP contribution in [-0.2, 0) is 42.2 Å². The van der Waals surface area contributed by atoms with Crippen LogP contribution < -0.4 is 0 Å². The molecule has 0 aromatic rings. The van der Waals surface area contributed by atoms with Gasteiger partial charge in [0, 0.05) is 19.3 Å². The number of hydrogen-bond acceptors (Lipinski definition) is 10. The standard InChI is InChI=1S/C66H99O11P/c1-4-7-10-13-16-19-22-25-27-29-31-33-35-38-40-43-46-49-52-55-64(68)73-59-63(77-66(70)57-54-51-48-45-42-39-36-34-32-30-28-26-23-20-17-14-11-8-5-2)61-75-78(71,72)74-60-62(58-67)76-65(69)56-53-50-47-44-41-37-24-21-18-15-12-9-6-3/h7-12,16-21,25-28,31-34,37-42,47-48,50-51,62-63,67H,4-6,13-15,22-24,29-30,35-36,43-46,49,52-61H2,1-3H3,(H,71,72)/b10-7-,11-8-,12-9-,19-16-,20-17-,21-18-,27-25-,28-26-,33-31-,34-32-,40-38-,41-37-,42-39-,50-47-,51-48-. The Kier molecular flexibility index (Phi) is 53.7. The highest BCUT2D eigenvalue weighted by atomic mass is 31.2. The third-order valence-electron chi connectivity index (χ3n) is 10.8. The van der Waals surface area contributed by atoms with Crippen LogP contribution in [0.5, 0.6) is 0 Å². The Morgan fingerprint density at radius 2 is 0.654 bits per heavy atom. The number of unbranched alkanes of at least 4 members (excludes halogenated alkanes) is 3. The number of aliphatic hydroxyl groups is 1. The predicted molar refractivity (Wildman–Crippen MR) is 324 cm³/mol. The van der Waals surface area contributed by atoms with Crippen molar-refractivity contribution < 1.29 is 52.2 Å². The van der Waals surface area contributed by atoms with Gasteiger partial charge in [-0.05, 0) is 128 Å². The van der Waals surface area contributed by atoms with Crippen LogP contribution in [0.3, 0.4) is 0 Å². The number of esters is 3. The van der Waals surface area contributed by atoms with E-state index in [-0.39, 0.29) is 19.3 Å². The smallest absolute Gasteiger partial charge is 0.462 e. The van der Waals surface area contributed by atoms with Crippen molar-refractivity contribution in [3.05, 3.63) is 182 Å². The highest BCUT2D eigenvalue weighted by molar-refractivity contribution is 7.47. The van der Waals surface area contributed by atoms with Gasteiger partial charge in [0.2, 0.25) is 0 Å². The fourth-order valence-electron chi connectivity index (χ4n) is 6.60. The van der Waals surface area contributed by atoms with Crippen LogP contribution in [0, 0.1) is 0 Å². The molecule has 78 heavy (non-hydrogen) atoms. The van der Waals surface area contributed by atoms with Crippen molar-refractivity contribution in [3.63, 3.8) is 0 Å². The van der Waals surface area contributed by atoms with E-state index in [1.54, 1.807) is 0 Å². The number of carbonyl (C=O) groups excluding carboxylic acids is 3. The lowest BCUT2D eigenvalue weighted by molar-refractivity contribution is -0.161. The summed E-state index contributed by atoms with van der Waals surface area (Å²) in [5.41, 5.74) is 0. The van der Waals surface area contributed by atoms with Gasteiger partial charge in [0.15, 0.2) is 6.10 Å². The van der Waals surface area contributed by atoms with Crippen molar-refractivity contribution in [1.29, 1.82) is 0 Å². The first-order valence-corrected chi connectivity index (χ1v) is 30.2. The Balaban J connectivity index is 5.00. The Labute approximate surface area is 471 Å². The maximum Gasteiger partial charge on any atom is 0.472 e. The number of allylic oxidation sites excluding steroid dienone is 30. The molecule has 434 valence electrons. The second kappa shape index (κ2) is 57.7. The summed E-state index contributed by atoms with van der Waals surface area (Å²) in [7, 11) is -4.81. The molecule has 12 heteroatoms. The molecule has 0 aromatic carbocycles. The molecule has 0 aromatic heterocycles. The lowest BCUT2D eigenvalue weighted by atomic mass is 10.1. The van der Waals surface area contributed by atoms with Crippen LogP contribution in [0.4, 0.5) is 0 Å². The maximum absolute atomic E-state index is 12.9. The van der Waals surface area contributed by atoms with Gasteiger partial charge >= 0.3 is 25.7 Å². The normalized spacial score (nSPS) is 14.7. The first-order valence-electron chi connectivity index (χ1n) is 28.7. The zero-order valence-corrected chi connectivity index (χ0v) is 48.7. The van der Waals surface area contributed by atoms with Gasteiger partial charge in [-0.15, -0.1) is 0 Å². The zero-order valence-electron chi connectivity index (χ0n) is 47.8. The molecule has 0 heterocycles. The van der Waals surface area contributed by atoms with E-state index in [1.165, 1.54) is 0 Å². The Bertz CT molecular complexity index is 2010. The van der Waals surface area contributed by atoms with Crippen LogP contribution in [0.25, 0.3) is 0 Å². The minimum atomic E-state index is -4.81. The third-order valence-corrected chi connectivity index (χ3v) is 11.8. The molecule has 0 aliphatic heterocycles. The molecule has 0 saturated heterocycles. The van der Waals surface area contributed by atoms with Gasteiger partial charge in [-0.2, -0.15) is 0 Å². The Morgan fingerprint density at radius 1 is 0.359 bits per heavy atom. The van der Waals surface area contributed by atoms with E-state index in [1.807, 2.05) is 30.4 Å². The third kappa shape index (κ3) is 55.3. The predicted octanol–water partition coefficient (Wildman–Crippen LogP) is 17.2. The molecule has 11 nitrogen and oxygen atoms in total. The summed E-state index contributed by atoms with van der Waals surface area (Å²) in [6, 6.07) is 0. The van der Waals surface area contributed by atoms with Crippen LogP contribution in [0.1, 0.15) is 175 Å². The summed E-state index contributed by atoms with van der Waals surface area (Å²) in [4.78, 5) is 48.5. The van der Waals surface area contributed by atoms with Gasteiger partial charge in [0.25, 0.3) is 0 Å². The number of hydrogen-bond donors (Lipinski definition) is 2. The van der Waals surface area contributed by atoms with E-state index >= 15 is 0 Å². The van der Waals surface area contributed by atoms with E-state index in [4.69, 9.17) is 23.3 Å². The van der Waals surface area contributed by atoms with E-state index in [9.17, 15) is 28.9 Å². The van der Waals surface area contributed by atoms with Crippen molar-refractivity contribution in [1.82, 2.24) is 0 Å². The monoisotopic (exact) mass is 1100 g/mol. The molecule has 0 saturated carbocycles. The number of phosphoric acid groups is 1. The van der Waals surface area contributed by atoms with Crippen molar-refractivity contribution in [2.45, 2.75) is 187 Å². The average molecular weight is 1100 g/mol. The summed E-state index contributed by atoms with van der Waals surface area (Å²) in [5, 5.41) is 9.79. The zero-order chi connectivity index (χ0) is 56.9. The lowest BCUT2D eigenvalue weighted by Crippen LogP contribution is -2.30. The van der Waals surface area contributed by atoms with Gasteiger partial charge in [-0.3, -0.25) is 23.4 Å². The minimum Gasteiger partial charge on any atom is -0.462 e. The quantitative estimate of drug-likeness (QED) is 0.0197. The average Bonchev–Trinajstić information content (AvgIpc) is 3.43. The highest BCUT2D eigenvalue weighted by Gasteiger charge is 2.28. The van der Waals surface area contributed by atoms with E-state index < -0.39 is 64.4 Å². The van der Waals surface area contributed by atoms with Gasteiger partial charge < -0.3 is 24.2 Å². The second-order valence-electron chi connectivity index (χ2n) is 18.0. The SMILES string of the molecule is CC/C=C\C/C=C\C/C=C\C/C=C\C/C=C\C/C=C\CCC(=O)OC(COC(=O)CCCCC/C=C\C/C=C\C/C=C\C/C=C\C/C=C\CC)COP(=O)(O)OCC(CO)OC(=O)CC/C=C\C/C=C\C/C=C\C/C=C\CC. The maximum atomic E-state index is 12.9. The molecular formula is C66H99O11P. The first kappa shape index (κ1) is 72.6. The molecule has 0 aliphatic rings. The number of aliphatic hydroxyl groups excluding tert-OH is 1. The van der Waals surface area contributed by atoms with Crippen molar-refractivity contribution in [2.75, 3.05) is 26.4 Å². The van der Waals surface area contributed by atoms with Crippen LogP contribution >= 0.6 is 7.82 Å². The summed E-state index contributed by atoms with van der Waals surface area (Å²) < 4.78 is 39.3. The molecular weight excluding hydrogens is 1000 g/mol. The van der Waals surface area contributed by atoms with Crippen molar-refractivity contribution in [2.24, 2.45) is 0 Å². The first-order chi connectivity index (χ1) is 38.2. The Hall–Kier alpha value is -5.42. The molecule has 0 fully saturated rings. The molecule has 0 rings (SSSR count). The molecule has 0 bridgehead atoms. The summed E-state index contributed by atoms with van der Waals surface area (Å²) >= 11 is 0. The van der Waals surface area contributed by atoms with E-state index in [0.717, 1.165) is 109 Å². The molecule has 3 unspecified atom stereocenters. The summed E-state index contributed by atoms with van der Waals surface area (Å²) in [5.74, 6) is -1.72. The minimum absolute atomic E-state index is 0.0175. The molecule has 2 N–H and O–H groups in total. The molecule has 0 spiro atoms. The van der Waals surface area contributed by atoms with E-state index in [2.05, 4.69) is 173 Å². The van der Waals surface area contributed by atoms with Gasteiger partial charge in [0.1, 0.15) is 12.7 Å².